The van der Waals surface area contributed by atoms with Crippen LogP contribution in [-0.2, 0) is 55.9 Å². The van der Waals surface area contributed by atoms with Gasteiger partial charge in [0.2, 0.25) is 0 Å². The third-order valence-electron chi connectivity index (χ3n) is 10.2. The summed E-state index contributed by atoms with van der Waals surface area (Å²) in [5.74, 6) is 3.22. The number of benzene rings is 4. The summed E-state index contributed by atoms with van der Waals surface area (Å²) in [4.78, 5) is 14.9. The van der Waals surface area contributed by atoms with Crippen molar-refractivity contribution in [2.75, 3.05) is 86.3 Å². The SMILES string of the molecule is CCOCCOc1c2cccc1Cc1cccc(c1OCCOCC)Cc1cc(CN(C)C(=O)OC(C)(C)C)cc(c1OCCOCC)Cc1cccc(c1OCCOCC)C2. The van der Waals surface area contributed by atoms with Crippen LogP contribution in [0.5, 0.6) is 23.0 Å². The Bertz CT molecular complexity index is 1900. The molecule has 1 aliphatic carbocycles. The molecule has 0 heterocycles. The van der Waals surface area contributed by atoms with Crippen LogP contribution in [0.1, 0.15) is 98.5 Å². The molecule has 338 valence electrons. The lowest BCUT2D eigenvalue weighted by atomic mass is 9.90. The van der Waals surface area contributed by atoms with E-state index in [0.29, 0.717) is 112 Å². The smallest absolute Gasteiger partial charge is 0.410 e. The molecule has 11 nitrogen and oxygen atoms in total. The molecular formula is C51H69NO10. The standard InChI is InChI=1S/C51H69NO10/c1-9-54-22-26-58-46-38-16-13-17-39(46)33-41-19-15-21-43(48(41)60-28-24-56-11-3)35-45-31-37(36-52(8)50(53)62-51(5,6)7)30-44(49(45)61-29-25-57-12-4)34-42-20-14-18-40(32-38)47(42)59-27-23-55-10-2/h13-21,30-31H,9-12,22-29,32-36H2,1-8H3. The topological polar surface area (TPSA) is 103 Å². The fourth-order valence-corrected chi connectivity index (χ4v) is 7.56. The Balaban J connectivity index is 1.75. The minimum atomic E-state index is -0.633. The van der Waals surface area contributed by atoms with Gasteiger partial charge >= 0.3 is 6.09 Å². The molecule has 1 aliphatic rings. The minimum Gasteiger partial charge on any atom is -0.491 e. The van der Waals surface area contributed by atoms with Crippen molar-refractivity contribution in [3.8, 4) is 23.0 Å². The molecule has 0 N–H and O–H groups in total. The summed E-state index contributed by atoms with van der Waals surface area (Å²) in [7, 11) is 1.77. The van der Waals surface area contributed by atoms with E-state index in [1.54, 1.807) is 11.9 Å². The number of rotatable bonds is 22. The number of carbonyl (C=O) groups excluding carboxylic acids is 1. The Hall–Kier alpha value is -4.81. The summed E-state index contributed by atoms with van der Waals surface area (Å²) < 4.78 is 55.5. The maximum absolute atomic E-state index is 13.3. The number of ether oxygens (including phenoxy) is 9. The van der Waals surface area contributed by atoms with Crippen molar-refractivity contribution >= 4 is 6.09 Å². The largest absolute Gasteiger partial charge is 0.491 e. The highest BCUT2D eigenvalue weighted by Gasteiger charge is 2.25. The minimum absolute atomic E-state index is 0.324. The number of hydrogen-bond donors (Lipinski definition) is 0. The predicted octanol–water partition coefficient (Wildman–Crippen LogP) is 9.39. The van der Waals surface area contributed by atoms with E-state index >= 15 is 0 Å². The van der Waals surface area contributed by atoms with Crippen LogP contribution < -0.4 is 18.9 Å². The van der Waals surface area contributed by atoms with Crippen LogP contribution in [0, 0.1) is 0 Å². The molecule has 0 spiro atoms. The number of para-hydroxylation sites is 3. The summed E-state index contributed by atoms with van der Waals surface area (Å²) in [6.45, 7) is 19.7. The monoisotopic (exact) mass is 855 g/mol. The zero-order chi connectivity index (χ0) is 44.3. The molecule has 0 aromatic heterocycles. The van der Waals surface area contributed by atoms with Gasteiger partial charge in [0.25, 0.3) is 0 Å². The van der Waals surface area contributed by atoms with Gasteiger partial charge in [0, 0.05) is 65.7 Å². The number of carbonyl (C=O) groups is 1. The highest BCUT2D eigenvalue weighted by Crippen LogP contribution is 2.39. The van der Waals surface area contributed by atoms with Crippen LogP contribution in [0.2, 0.25) is 0 Å². The van der Waals surface area contributed by atoms with E-state index in [4.69, 9.17) is 42.6 Å². The summed E-state index contributed by atoms with van der Waals surface area (Å²) >= 11 is 0. The van der Waals surface area contributed by atoms with E-state index in [2.05, 4.69) is 66.7 Å². The number of amides is 1. The van der Waals surface area contributed by atoms with Crippen LogP contribution in [0.25, 0.3) is 0 Å². The third kappa shape index (κ3) is 14.4. The molecule has 0 saturated heterocycles. The van der Waals surface area contributed by atoms with Crippen LogP contribution >= 0.6 is 0 Å². The lowest BCUT2D eigenvalue weighted by Gasteiger charge is -2.26. The zero-order valence-corrected chi connectivity index (χ0v) is 38.4. The Morgan fingerprint density at radius 2 is 0.774 bits per heavy atom. The Morgan fingerprint density at radius 1 is 0.484 bits per heavy atom. The van der Waals surface area contributed by atoms with E-state index in [9.17, 15) is 4.79 Å². The molecule has 62 heavy (non-hydrogen) atoms. The molecule has 1 amide bonds. The van der Waals surface area contributed by atoms with Crippen molar-refractivity contribution in [1.82, 2.24) is 4.90 Å². The van der Waals surface area contributed by atoms with Crippen molar-refractivity contribution in [2.24, 2.45) is 0 Å². The maximum atomic E-state index is 13.3. The summed E-state index contributed by atoms with van der Waals surface area (Å²) in [6, 6.07) is 23.3. The average Bonchev–Trinajstić information content (AvgIpc) is 3.23. The Morgan fingerprint density at radius 3 is 1.06 bits per heavy atom. The second-order valence-corrected chi connectivity index (χ2v) is 16.2. The van der Waals surface area contributed by atoms with Gasteiger partial charge in [-0.1, -0.05) is 54.6 Å². The molecule has 0 fully saturated rings. The zero-order valence-electron chi connectivity index (χ0n) is 38.4. The average molecular weight is 856 g/mol. The van der Waals surface area contributed by atoms with Gasteiger partial charge in [-0.25, -0.2) is 4.79 Å². The van der Waals surface area contributed by atoms with E-state index in [1.807, 2.05) is 48.5 Å². The van der Waals surface area contributed by atoms with Crippen molar-refractivity contribution < 1.29 is 47.4 Å². The summed E-state index contributed by atoms with van der Waals surface area (Å²) in [6.07, 6.45) is 1.73. The highest BCUT2D eigenvalue weighted by molar-refractivity contribution is 5.68. The lowest BCUT2D eigenvalue weighted by molar-refractivity contribution is 0.0285. The first-order chi connectivity index (χ1) is 30.0. The number of fused-ring (bicyclic) bond motifs is 8. The highest BCUT2D eigenvalue weighted by atomic mass is 16.6. The first-order valence-corrected chi connectivity index (χ1v) is 22.3. The molecule has 8 bridgehead atoms. The fraction of sp³-hybridized carbons (Fsp3) is 0.510. The summed E-state index contributed by atoms with van der Waals surface area (Å²) in [5.41, 5.74) is 8.37. The van der Waals surface area contributed by atoms with Crippen molar-refractivity contribution in [1.29, 1.82) is 0 Å². The van der Waals surface area contributed by atoms with Crippen LogP contribution in [0.15, 0.2) is 66.7 Å². The lowest BCUT2D eigenvalue weighted by Crippen LogP contribution is -2.33. The molecule has 0 radical (unpaired) electrons. The normalized spacial score (nSPS) is 12.5. The second kappa shape index (κ2) is 24.7. The fourth-order valence-electron chi connectivity index (χ4n) is 7.56. The number of nitrogens with zero attached hydrogens (tertiary/aromatic N) is 1. The van der Waals surface area contributed by atoms with Gasteiger partial charge in [-0.2, -0.15) is 0 Å². The van der Waals surface area contributed by atoms with E-state index in [0.717, 1.165) is 73.1 Å². The quantitative estimate of drug-likeness (QED) is 0.0626. The Labute approximate surface area is 369 Å². The van der Waals surface area contributed by atoms with Crippen LogP contribution in [-0.4, -0.2) is 103 Å². The first kappa shape index (κ1) is 48.2. The van der Waals surface area contributed by atoms with E-state index in [-0.39, 0.29) is 0 Å². The van der Waals surface area contributed by atoms with Crippen LogP contribution in [0.4, 0.5) is 4.79 Å². The third-order valence-corrected chi connectivity index (χ3v) is 10.2. The second-order valence-electron chi connectivity index (χ2n) is 16.2. The maximum Gasteiger partial charge on any atom is 0.410 e. The Kier molecular flexibility index (Phi) is 19.2. The van der Waals surface area contributed by atoms with Crippen molar-refractivity contribution in [3.05, 3.63) is 117 Å². The van der Waals surface area contributed by atoms with Gasteiger partial charge in [-0.15, -0.1) is 0 Å². The van der Waals surface area contributed by atoms with Gasteiger partial charge in [0.05, 0.1) is 26.4 Å². The van der Waals surface area contributed by atoms with Gasteiger partial charge < -0.3 is 47.5 Å². The van der Waals surface area contributed by atoms with Gasteiger partial charge in [0.15, 0.2) is 0 Å². The molecule has 4 aromatic rings. The van der Waals surface area contributed by atoms with Gasteiger partial charge in [0.1, 0.15) is 55.0 Å². The van der Waals surface area contributed by atoms with Gasteiger partial charge in [-0.3, -0.25) is 0 Å². The van der Waals surface area contributed by atoms with Gasteiger partial charge in [-0.05, 0) is 111 Å². The molecule has 0 saturated carbocycles. The molecule has 11 heteroatoms. The van der Waals surface area contributed by atoms with E-state index in [1.165, 1.54) is 0 Å². The van der Waals surface area contributed by atoms with Crippen LogP contribution in [0.3, 0.4) is 0 Å². The molecule has 0 aliphatic heterocycles. The van der Waals surface area contributed by atoms with Crippen molar-refractivity contribution in [3.63, 3.8) is 0 Å². The first-order valence-electron chi connectivity index (χ1n) is 22.3. The predicted molar refractivity (Wildman–Crippen MR) is 243 cm³/mol. The number of hydrogen-bond acceptors (Lipinski definition) is 10. The van der Waals surface area contributed by atoms with Crippen molar-refractivity contribution in [2.45, 2.75) is 86.3 Å². The molecule has 4 aromatic carbocycles. The summed E-state index contributed by atoms with van der Waals surface area (Å²) in [5, 5.41) is 0. The van der Waals surface area contributed by atoms with E-state index < -0.39 is 11.7 Å². The molecule has 0 atom stereocenters. The molecular weight excluding hydrogens is 787 g/mol. The molecule has 0 unspecified atom stereocenters. The molecule has 5 rings (SSSR count).